The third kappa shape index (κ3) is 5.42. The lowest BCUT2D eigenvalue weighted by atomic mass is 9.92. The smallest absolute Gasteiger partial charge is 0.220 e. The normalized spacial score (nSPS) is 16.9. The van der Waals surface area contributed by atoms with E-state index >= 15 is 0 Å². The van der Waals surface area contributed by atoms with Crippen molar-refractivity contribution < 1.29 is 6.22 Å². The predicted molar refractivity (Wildman–Crippen MR) is 116 cm³/mol. The first kappa shape index (κ1) is 21.2. The van der Waals surface area contributed by atoms with Crippen LogP contribution in [0.3, 0.4) is 0 Å². The minimum atomic E-state index is 0. The highest BCUT2D eigenvalue weighted by atomic mass is 16.1. The van der Waals surface area contributed by atoms with Crippen molar-refractivity contribution in [2.45, 2.75) is 53.0 Å². The minimum Gasteiger partial charge on any atom is -0.359 e. The first-order chi connectivity index (χ1) is 13.1. The molecule has 1 aromatic heterocycles. The predicted octanol–water partition coefficient (Wildman–Crippen LogP) is 4.32. The number of hydrogen-bond donors (Lipinski definition) is 1. The number of aryl methyl sites for hydroxylation is 1. The number of nitrogens with one attached hydrogen (secondary N) is 1. The topological polar surface area (TPSA) is 50.2 Å². The van der Waals surface area contributed by atoms with Gasteiger partial charge in [0.25, 0.3) is 0 Å². The van der Waals surface area contributed by atoms with Gasteiger partial charge in [-0.15, -0.1) is 0 Å². The zero-order chi connectivity index (χ0) is 19.8. The average Bonchev–Trinajstić information content (AvgIpc) is 3.03. The van der Waals surface area contributed by atoms with E-state index < -0.39 is 0 Å². The van der Waals surface area contributed by atoms with Crippen LogP contribution in [0.1, 0.15) is 47.3 Å². The summed E-state index contributed by atoms with van der Waals surface area (Å²) in [4.78, 5) is 18.6. The van der Waals surface area contributed by atoms with Crippen LogP contribution >= 0.6 is 0 Å². The van der Waals surface area contributed by atoms with Crippen LogP contribution in [0.25, 0.3) is 17.2 Å². The Bertz CT molecular complexity index is 763. The van der Waals surface area contributed by atoms with E-state index in [9.17, 15) is 4.79 Å². The molecule has 0 saturated carbocycles. The van der Waals surface area contributed by atoms with Gasteiger partial charge in [-0.1, -0.05) is 32.1 Å². The number of hydrogen-bond acceptors (Lipinski definition) is 3. The number of benzene rings is 1. The molecule has 5 nitrogen and oxygen atoms in total. The van der Waals surface area contributed by atoms with Crippen molar-refractivity contribution >= 4 is 23.1 Å². The molecule has 2 heterocycles. The maximum atomic E-state index is 11.5. The van der Waals surface area contributed by atoms with Gasteiger partial charge in [0, 0.05) is 27.1 Å². The third-order valence-electron chi connectivity index (χ3n) is 5.26. The van der Waals surface area contributed by atoms with Crippen LogP contribution in [-0.2, 0) is 4.79 Å². The fraction of sp³-hybridized carbons (Fsp3) is 0.545. The largest absolute Gasteiger partial charge is 0.359 e. The zero-order valence-corrected chi connectivity index (χ0v) is 17.4. The number of piperidine rings is 1. The molecular formula is C22H36N4O. The Labute approximate surface area is 164 Å². The Hall–Kier alpha value is -2.14. The lowest BCUT2D eigenvalue weighted by molar-refractivity contribution is -0.121. The standard InChI is InChI=1S/C20H28N4O.C2H6.H2/c1-15(23-11-9-17(10-12-23)14-20(25)21-3)8-13-24-16(2)22-18-6-4-5-7-19(18)24;1-2;/h4-8,13,15,17H,9-12,14H2,1-3H3,(H,21,25);1-2H3;1H/b13-8-;;. The van der Waals surface area contributed by atoms with Gasteiger partial charge in [0.1, 0.15) is 5.82 Å². The molecule has 1 N–H and O–H groups in total. The van der Waals surface area contributed by atoms with E-state index in [-0.39, 0.29) is 7.33 Å². The van der Waals surface area contributed by atoms with Gasteiger partial charge in [-0.05, 0) is 57.8 Å². The van der Waals surface area contributed by atoms with Gasteiger partial charge in [-0.25, -0.2) is 4.98 Å². The molecule has 0 aliphatic carbocycles. The van der Waals surface area contributed by atoms with Crippen LogP contribution in [-0.4, -0.2) is 46.5 Å². The Kier molecular flexibility index (Phi) is 8.04. The highest BCUT2D eigenvalue weighted by Crippen LogP contribution is 2.22. The van der Waals surface area contributed by atoms with E-state index in [2.05, 4.69) is 51.1 Å². The second-order valence-electron chi connectivity index (χ2n) is 6.96. The average molecular weight is 373 g/mol. The van der Waals surface area contributed by atoms with Crippen molar-refractivity contribution in [1.29, 1.82) is 0 Å². The Balaban J connectivity index is 0.00000127. The second kappa shape index (κ2) is 10.3. The van der Waals surface area contributed by atoms with E-state index in [1.165, 1.54) is 0 Å². The number of fused-ring (bicyclic) bond motifs is 1. The number of nitrogens with zero attached hydrogens (tertiary/aromatic N) is 3. The van der Waals surface area contributed by atoms with Gasteiger partial charge in [0.15, 0.2) is 0 Å². The summed E-state index contributed by atoms with van der Waals surface area (Å²) >= 11 is 0. The summed E-state index contributed by atoms with van der Waals surface area (Å²) in [5.41, 5.74) is 2.18. The zero-order valence-electron chi connectivity index (χ0n) is 17.4. The molecule has 1 amide bonds. The van der Waals surface area contributed by atoms with Crippen LogP contribution in [0.5, 0.6) is 0 Å². The fourth-order valence-electron chi connectivity index (χ4n) is 3.61. The number of amides is 1. The van der Waals surface area contributed by atoms with Crippen LogP contribution in [0.15, 0.2) is 30.3 Å². The quantitative estimate of drug-likeness (QED) is 0.850. The number of para-hydroxylation sites is 2. The lowest BCUT2D eigenvalue weighted by Crippen LogP contribution is -2.40. The Morgan fingerprint density at radius 2 is 2.00 bits per heavy atom. The van der Waals surface area contributed by atoms with E-state index in [4.69, 9.17) is 0 Å². The van der Waals surface area contributed by atoms with Crippen molar-refractivity contribution in [2.75, 3.05) is 20.1 Å². The molecule has 27 heavy (non-hydrogen) atoms. The van der Waals surface area contributed by atoms with E-state index in [0.717, 1.165) is 42.8 Å². The van der Waals surface area contributed by atoms with Crippen LogP contribution in [0, 0.1) is 12.8 Å². The van der Waals surface area contributed by atoms with Gasteiger partial charge in [-0.3, -0.25) is 9.69 Å². The summed E-state index contributed by atoms with van der Waals surface area (Å²) < 4.78 is 2.16. The Morgan fingerprint density at radius 1 is 1.33 bits per heavy atom. The van der Waals surface area contributed by atoms with Gasteiger partial charge in [0.05, 0.1) is 11.0 Å². The molecule has 0 bridgehead atoms. The molecule has 2 aromatic rings. The molecule has 0 spiro atoms. The first-order valence-electron chi connectivity index (χ1n) is 10.1. The number of imidazole rings is 1. The SMILES string of the molecule is CC.CNC(=O)CC1CCN(C(C)/C=C\n2c(C)nc3ccccc32)CC1.[HH]. The molecule has 0 radical (unpaired) electrons. The highest BCUT2D eigenvalue weighted by molar-refractivity contribution is 5.78. The van der Waals surface area contributed by atoms with Gasteiger partial charge in [0.2, 0.25) is 5.91 Å². The van der Waals surface area contributed by atoms with Gasteiger partial charge in [-0.2, -0.15) is 0 Å². The summed E-state index contributed by atoms with van der Waals surface area (Å²) in [7, 11) is 1.71. The molecule has 150 valence electrons. The van der Waals surface area contributed by atoms with Crippen molar-refractivity contribution in [1.82, 2.24) is 19.8 Å². The number of aromatic nitrogens is 2. The van der Waals surface area contributed by atoms with E-state index in [1.54, 1.807) is 7.05 Å². The fourth-order valence-corrected chi connectivity index (χ4v) is 3.61. The molecule has 1 atom stereocenters. The summed E-state index contributed by atoms with van der Waals surface area (Å²) in [6.07, 6.45) is 7.25. The van der Waals surface area contributed by atoms with E-state index in [1.807, 2.05) is 32.9 Å². The van der Waals surface area contributed by atoms with Crippen molar-refractivity contribution in [3.8, 4) is 0 Å². The summed E-state index contributed by atoms with van der Waals surface area (Å²) in [5.74, 6) is 1.69. The molecule has 3 rings (SSSR count). The van der Waals surface area contributed by atoms with Crippen molar-refractivity contribution in [2.24, 2.45) is 5.92 Å². The third-order valence-corrected chi connectivity index (χ3v) is 5.26. The monoisotopic (exact) mass is 372 g/mol. The molecule has 5 heteroatoms. The number of rotatable bonds is 5. The molecule has 1 aliphatic heterocycles. The Morgan fingerprint density at radius 3 is 2.67 bits per heavy atom. The van der Waals surface area contributed by atoms with Gasteiger partial charge < -0.3 is 9.88 Å². The summed E-state index contributed by atoms with van der Waals surface area (Å²) in [6.45, 7) is 10.4. The number of likely N-dealkylation sites (tertiary alicyclic amines) is 1. The maximum Gasteiger partial charge on any atom is 0.220 e. The highest BCUT2D eigenvalue weighted by Gasteiger charge is 2.23. The van der Waals surface area contributed by atoms with E-state index in [0.29, 0.717) is 18.4 Å². The molecular weight excluding hydrogens is 336 g/mol. The lowest BCUT2D eigenvalue weighted by Gasteiger charge is -2.34. The second-order valence-corrected chi connectivity index (χ2v) is 6.96. The number of carbonyl (C=O) groups is 1. The van der Waals surface area contributed by atoms with Crippen LogP contribution < -0.4 is 5.32 Å². The maximum absolute atomic E-state index is 11.5. The molecule has 1 fully saturated rings. The summed E-state index contributed by atoms with van der Waals surface area (Å²) in [5, 5.41) is 2.73. The summed E-state index contributed by atoms with van der Waals surface area (Å²) in [6, 6.07) is 8.60. The molecule has 1 aliphatic rings. The van der Waals surface area contributed by atoms with Crippen molar-refractivity contribution in [3.63, 3.8) is 0 Å². The van der Waals surface area contributed by atoms with Crippen LogP contribution in [0.2, 0.25) is 0 Å². The van der Waals surface area contributed by atoms with Crippen LogP contribution in [0.4, 0.5) is 0 Å². The van der Waals surface area contributed by atoms with Gasteiger partial charge >= 0.3 is 0 Å². The molecule has 1 unspecified atom stereocenters. The molecule has 1 aromatic carbocycles. The van der Waals surface area contributed by atoms with Crippen molar-refractivity contribution in [3.05, 3.63) is 36.2 Å². The molecule has 1 saturated heterocycles. The first-order valence-corrected chi connectivity index (χ1v) is 10.1. The minimum absolute atomic E-state index is 0. The number of carbonyl (C=O) groups excluding carboxylic acids is 1.